The normalized spacial score (nSPS) is 11.8. The number of methoxy groups -OCH3 is 1. The molecule has 2 aromatic carbocycles. The molecular weight excluding hydrogens is 669 g/mol. The van der Waals surface area contributed by atoms with E-state index in [1.165, 1.54) is 16.2 Å². The highest BCUT2D eigenvalue weighted by atomic mass is 32.2. The smallest absolute Gasteiger partial charge is 0.225 e. The number of aromatic nitrogens is 5. The van der Waals surface area contributed by atoms with Crippen molar-refractivity contribution in [3.05, 3.63) is 121 Å². The number of pyridine rings is 2. The highest BCUT2D eigenvalue weighted by Gasteiger charge is 2.29. The van der Waals surface area contributed by atoms with Crippen molar-refractivity contribution in [2.45, 2.75) is 76.7 Å². The second kappa shape index (κ2) is 16.0. The van der Waals surface area contributed by atoms with Crippen LogP contribution in [-0.4, -0.2) is 42.3 Å². The molecule has 4 aromatic heterocycles. The van der Waals surface area contributed by atoms with Crippen LogP contribution in [-0.2, 0) is 24.4 Å². The molecule has 6 aromatic rings. The lowest BCUT2D eigenvalue weighted by molar-refractivity contribution is -0.116. The molecule has 268 valence electrons. The summed E-state index contributed by atoms with van der Waals surface area (Å²) in [5.41, 5.74) is 6.40. The number of carbonyl (C=O) groups excluding carboxylic acids is 1. The maximum Gasteiger partial charge on any atom is 0.225 e. The van der Waals surface area contributed by atoms with E-state index in [9.17, 15) is 4.79 Å². The summed E-state index contributed by atoms with van der Waals surface area (Å²) in [6.45, 7) is 12.3. The van der Waals surface area contributed by atoms with E-state index in [-0.39, 0.29) is 16.1 Å². The molecule has 1 amide bonds. The van der Waals surface area contributed by atoms with Crippen molar-refractivity contribution in [1.82, 2.24) is 24.5 Å². The number of hydrogen-bond acceptors (Lipinski definition) is 8. The number of nitrogens with zero attached hydrogens (tertiary/aromatic N) is 5. The van der Waals surface area contributed by atoms with Crippen LogP contribution >= 0.6 is 11.8 Å². The fraction of sp³-hybridized carbons (Fsp3) is 0.310. The average molecular weight is 715 g/mol. The predicted octanol–water partition coefficient (Wildman–Crippen LogP) is 9.40. The second-order valence-electron chi connectivity index (χ2n) is 14.6. The molecule has 1 N–H and O–H groups in total. The summed E-state index contributed by atoms with van der Waals surface area (Å²) in [7, 11) is 1.62. The maximum absolute atomic E-state index is 13.0. The lowest BCUT2D eigenvalue weighted by Crippen LogP contribution is -2.22. The standard InChI is InChI=1S/C42H46N6O3S/c1-41(2,3)52-40-34-23-33(51-28-32-9-7-8-20-44-32)15-16-35(34)48(27-29-10-12-30(13-11-29)31-14-17-39(50-6)46-25-31)36(40)24-42(4,5)19-18-38(49)47-37-26-43-21-22-45-37/h7-17,20-23,25-26H,18-19,24,27-28H2,1-6H3,(H,45,47,49). The first-order valence-corrected chi connectivity index (χ1v) is 18.3. The number of benzene rings is 2. The highest BCUT2D eigenvalue weighted by molar-refractivity contribution is 8.00. The minimum absolute atomic E-state index is 0.0481. The van der Waals surface area contributed by atoms with Crippen molar-refractivity contribution in [1.29, 1.82) is 0 Å². The SMILES string of the molecule is COc1ccc(-c2ccc(Cn3c(CC(C)(C)CCC(=O)Nc4cnccn4)c(SC(C)(C)C)c4cc(OCc5ccccn5)ccc43)cc2)cn1. The van der Waals surface area contributed by atoms with Crippen LogP contribution < -0.4 is 14.8 Å². The van der Waals surface area contributed by atoms with Crippen molar-refractivity contribution in [3.63, 3.8) is 0 Å². The predicted molar refractivity (Wildman–Crippen MR) is 209 cm³/mol. The van der Waals surface area contributed by atoms with Crippen molar-refractivity contribution >= 4 is 34.4 Å². The molecule has 0 atom stereocenters. The van der Waals surface area contributed by atoms with Gasteiger partial charge in [0.15, 0.2) is 5.82 Å². The van der Waals surface area contributed by atoms with Gasteiger partial charge in [-0.3, -0.25) is 14.8 Å². The van der Waals surface area contributed by atoms with Gasteiger partial charge in [-0.05, 0) is 65.8 Å². The summed E-state index contributed by atoms with van der Waals surface area (Å²) in [6, 6.07) is 24.9. The molecular formula is C42H46N6O3S. The molecule has 0 saturated heterocycles. The Hall–Kier alpha value is -5.22. The number of ether oxygens (including phenoxy) is 2. The van der Waals surface area contributed by atoms with Gasteiger partial charge in [0.25, 0.3) is 0 Å². The number of carbonyl (C=O) groups is 1. The number of fused-ring (bicyclic) bond motifs is 1. The van der Waals surface area contributed by atoms with E-state index < -0.39 is 0 Å². The largest absolute Gasteiger partial charge is 0.487 e. The van der Waals surface area contributed by atoms with Gasteiger partial charge in [-0.1, -0.05) is 65.0 Å². The lowest BCUT2D eigenvalue weighted by atomic mass is 9.83. The van der Waals surface area contributed by atoms with E-state index in [4.69, 9.17) is 9.47 Å². The van der Waals surface area contributed by atoms with Crippen molar-refractivity contribution in [2.24, 2.45) is 5.41 Å². The molecule has 10 heteroatoms. The number of anilines is 1. The van der Waals surface area contributed by atoms with Crippen LogP contribution in [0.1, 0.15) is 64.4 Å². The molecule has 0 aliphatic carbocycles. The second-order valence-corrected chi connectivity index (χ2v) is 16.5. The molecule has 0 radical (unpaired) electrons. The first kappa shape index (κ1) is 36.6. The van der Waals surface area contributed by atoms with Gasteiger partial charge in [0.2, 0.25) is 11.8 Å². The summed E-state index contributed by atoms with van der Waals surface area (Å²) in [5.74, 6) is 1.79. The first-order chi connectivity index (χ1) is 25.0. The Bertz CT molecular complexity index is 2090. The zero-order chi connectivity index (χ0) is 36.7. The molecule has 0 saturated carbocycles. The third kappa shape index (κ3) is 9.55. The summed E-state index contributed by atoms with van der Waals surface area (Å²) in [6.07, 6.45) is 10.2. The number of thioether (sulfide) groups is 1. The minimum Gasteiger partial charge on any atom is -0.487 e. The van der Waals surface area contributed by atoms with Gasteiger partial charge in [0.1, 0.15) is 12.4 Å². The Balaban J connectivity index is 1.34. The lowest BCUT2D eigenvalue weighted by Gasteiger charge is -2.27. The van der Waals surface area contributed by atoms with Crippen LogP contribution in [0.4, 0.5) is 5.82 Å². The number of rotatable bonds is 14. The molecule has 0 unspecified atom stereocenters. The maximum atomic E-state index is 13.0. The van der Waals surface area contributed by atoms with Crippen LogP contribution in [0.25, 0.3) is 22.0 Å². The van der Waals surface area contributed by atoms with Crippen LogP contribution in [0.15, 0.2) is 109 Å². The van der Waals surface area contributed by atoms with Gasteiger partial charge in [-0.25, -0.2) is 9.97 Å². The summed E-state index contributed by atoms with van der Waals surface area (Å²) >= 11 is 1.88. The van der Waals surface area contributed by atoms with E-state index in [0.29, 0.717) is 37.7 Å². The summed E-state index contributed by atoms with van der Waals surface area (Å²) in [5, 5.41) is 4.05. The third-order valence-corrected chi connectivity index (χ3v) is 9.96. The zero-order valence-corrected chi connectivity index (χ0v) is 31.5. The van der Waals surface area contributed by atoms with Crippen LogP contribution in [0.2, 0.25) is 0 Å². The van der Waals surface area contributed by atoms with E-state index in [1.54, 1.807) is 31.9 Å². The Morgan fingerprint density at radius 1 is 0.865 bits per heavy atom. The van der Waals surface area contributed by atoms with E-state index in [2.05, 4.69) is 107 Å². The molecule has 6 rings (SSSR count). The van der Waals surface area contributed by atoms with Crippen LogP contribution in [0.3, 0.4) is 0 Å². The van der Waals surface area contributed by atoms with E-state index >= 15 is 0 Å². The minimum atomic E-state index is -0.192. The average Bonchev–Trinajstić information content (AvgIpc) is 3.39. The molecule has 0 aliphatic rings. The van der Waals surface area contributed by atoms with Gasteiger partial charge in [0.05, 0.1) is 19.0 Å². The molecule has 0 aliphatic heterocycles. The zero-order valence-electron chi connectivity index (χ0n) is 30.7. The summed E-state index contributed by atoms with van der Waals surface area (Å²) < 4.78 is 13.9. The molecule has 9 nitrogen and oxygen atoms in total. The first-order valence-electron chi connectivity index (χ1n) is 17.5. The monoisotopic (exact) mass is 714 g/mol. The Kier molecular flexibility index (Phi) is 11.2. The number of hydrogen-bond donors (Lipinski definition) is 1. The topological polar surface area (TPSA) is 104 Å². The van der Waals surface area contributed by atoms with Gasteiger partial charge < -0.3 is 19.4 Å². The number of nitrogens with one attached hydrogen (secondary N) is 1. The van der Waals surface area contributed by atoms with Gasteiger partial charge in [-0.2, -0.15) is 0 Å². The Labute approximate surface area is 310 Å². The van der Waals surface area contributed by atoms with Gasteiger partial charge in [-0.15, -0.1) is 11.8 Å². The van der Waals surface area contributed by atoms with Crippen molar-refractivity contribution in [3.8, 4) is 22.8 Å². The fourth-order valence-electron chi connectivity index (χ4n) is 6.08. The number of amides is 1. The van der Waals surface area contributed by atoms with Gasteiger partial charge in [0, 0.05) is 75.6 Å². The molecule has 52 heavy (non-hydrogen) atoms. The van der Waals surface area contributed by atoms with Crippen molar-refractivity contribution in [2.75, 3.05) is 12.4 Å². The quantitative estimate of drug-likeness (QED) is 0.111. The molecule has 0 spiro atoms. The third-order valence-electron chi connectivity index (χ3n) is 8.69. The van der Waals surface area contributed by atoms with Crippen molar-refractivity contribution < 1.29 is 14.3 Å². The molecule has 4 heterocycles. The van der Waals surface area contributed by atoms with E-state index in [1.807, 2.05) is 48.3 Å². The Morgan fingerprint density at radius 2 is 1.67 bits per heavy atom. The Morgan fingerprint density at radius 3 is 2.35 bits per heavy atom. The van der Waals surface area contributed by atoms with E-state index in [0.717, 1.165) is 39.9 Å². The molecule has 0 bridgehead atoms. The van der Waals surface area contributed by atoms with Gasteiger partial charge >= 0.3 is 0 Å². The van der Waals surface area contributed by atoms with Crippen LogP contribution in [0.5, 0.6) is 11.6 Å². The van der Waals surface area contributed by atoms with Crippen LogP contribution in [0, 0.1) is 5.41 Å². The summed E-state index contributed by atoms with van der Waals surface area (Å²) in [4.78, 5) is 31.3. The highest BCUT2D eigenvalue weighted by Crippen LogP contribution is 2.45. The molecule has 0 fully saturated rings. The fourth-order valence-corrected chi connectivity index (χ4v) is 7.27.